The van der Waals surface area contributed by atoms with Crippen molar-refractivity contribution in [2.45, 2.75) is 33.6 Å². The molecule has 0 spiro atoms. The highest BCUT2D eigenvalue weighted by Crippen LogP contribution is 2.21. The third kappa shape index (κ3) is 5.46. The number of nitrogens with one attached hydrogen (secondary N) is 1. The molecule has 0 radical (unpaired) electrons. The largest absolute Gasteiger partial charge is 0.461 e. The smallest absolute Gasteiger partial charge is 0.358 e. The monoisotopic (exact) mass is 441 g/mol. The Bertz CT molecular complexity index is 953. The summed E-state index contributed by atoms with van der Waals surface area (Å²) in [6.45, 7) is 8.34. The summed E-state index contributed by atoms with van der Waals surface area (Å²) in [5.41, 5.74) is 1.56. The molecule has 1 N–H and O–H groups in total. The molecule has 2 heterocycles. The number of ether oxygens (including phenoxy) is 1. The molecule has 1 aliphatic rings. The van der Waals surface area contributed by atoms with E-state index in [9.17, 15) is 14.4 Å². The number of esters is 1. The lowest BCUT2D eigenvalue weighted by Gasteiger charge is -2.35. The minimum Gasteiger partial charge on any atom is -0.461 e. The first-order chi connectivity index (χ1) is 15.5. The maximum Gasteiger partial charge on any atom is 0.358 e. The first-order valence-electron chi connectivity index (χ1n) is 11.1. The van der Waals surface area contributed by atoms with Gasteiger partial charge in [-0.25, -0.2) is 14.3 Å². The van der Waals surface area contributed by atoms with Crippen LogP contribution in [0.15, 0.2) is 36.5 Å². The number of benzene rings is 1. The summed E-state index contributed by atoms with van der Waals surface area (Å²) >= 11 is 0. The highest BCUT2D eigenvalue weighted by atomic mass is 16.5. The van der Waals surface area contributed by atoms with E-state index in [0.29, 0.717) is 37.6 Å². The lowest BCUT2D eigenvalue weighted by molar-refractivity contribution is -0.121. The average Bonchev–Trinajstić information content (AvgIpc) is 3.31. The molecule has 32 heavy (non-hydrogen) atoms. The van der Waals surface area contributed by atoms with Crippen molar-refractivity contribution in [2.24, 2.45) is 5.92 Å². The highest BCUT2D eigenvalue weighted by Gasteiger charge is 2.30. The number of carbonyl (C=O) groups excluding carboxylic acids is 3. The fourth-order valence-corrected chi connectivity index (χ4v) is 3.81. The van der Waals surface area contributed by atoms with Crippen molar-refractivity contribution >= 4 is 23.6 Å². The van der Waals surface area contributed by atoms with Crippen LogP contribution in [0.5, 0.6) is 0 Å². The molecule has 0 unspecified atom stereocenters. The molecule has 9 heteroatoms. The Balaban J connectivity index is 1.66. The van der Waals surface area contributed by atoms with Crippen LogP contribution < -0.4 is 5.32 Å². The van der Waals surface area contributed by atoms with E-state index < -0.39 is 5.97 Å². The number of urea groups is 1. The lowest BCUT2D eigenvalue weighted by atomic mass is 9.97. The van der Waals surface area contributed by atoms with Gasteiger partial charge in [0.15, 0.2) is 5.69 Å². The lowest BCUT2D eigenvalue weighted by Crippen LogP contribution is -2.49. The zero-order valence-corrected chi connectivity index (χ0v) is 18.9. The number of nitrogens with zero attached hydrogens (tertiary/aromatic N) is 4. The molecule has 1 aromatic carbocycles. The van der Waals surface area contributed by atoms with Crippen LogP contribution in [-0.4, -0.2) is 70.3 Å². The third-order valence-electron chi connectivity index (χ3n) is 5.55. The number of hydrogen-bond donors (Lipinski definition) is 1. The van der Waals surface area contributed by atoms with E-state index in [-0.39, 0.29) is 30.2 Å². The number of carbonyl (C=O) groups is 3. The highest BCUT2D eigenvalue weighted by molar-refractivity contribution is 5.93. The molecule has 3 rings (SSSR count). The Morgan fingerprint density at radius 1 is 1.19 bits per heavy atom. The average molecular weight is 442 g/mol. The van der Waals surface area contributed by atoms with Crippen LogP contribution >= 0.6 is 0 Å². The Morgan fingerprint density at radius 2 is 1.97 bits per heavy atom. The number of hydrogen-bond acceptors (Lipinski definition) is 5. The van der Waals surface area contributed by atoms with Crippen molar-refractivity contribution in [1.82, 2.24) is 19.6 Å². The summed E-state index contributed by atoms with van der Waals surface area (Å²) < 4.78 is 6.53. The van der Waals surface area contributed by atoms with Gasteiger partial charge in [-0.2, -0.15) is 5.10 Å². The van der Waals surface area contributed by atoms with Crippen LogP contribution in [0.25, 0.3) is 5.69 Å². The molecule has 1 fully saturated rings. The number of anilines is 1. The van der Waals surface area contributed by atoms with E-state index in [4.69, 9.17) is 4.74 Å². The first-order valence-corrected chi connectivity index (χ1v) is 11.1. The zero-order valence-electron chi connectivity index (χ0n) is 18.9. The summed E-state index contributed by atoms with van der Waals surface area (Å²) in [6.07, 6.45) is 3.22. The minimum absolute atomic E-state index is 0.00872. The van der Waals surface area contributed by atoms with Gasteiger partial charge in [0.2, 0.25) is 5.91 Å². The van der Waals surface area contributed by atoms with Gasteiger partial charge in [0.25, 0.3) is 0 Å². The molecule has 9 nitrogen and oxygen atoms in total. The van der Waals surface area contributed by atoms with Gasteiger partial charge in [0.1, 0.15) is 0 Å². The summed E-state index contributed by atoms with van der Waals surface area (Å²) in [5, 5.41) is 7.22. The molecule has 0 aliphatic carbocycles. The van der Waals surface area contributed by atoms with Crippen LogP contribution in [0, 0.1) is 5.92 Å². The third-order valence-corrected chi connectivity index (χ3v) is 5.55. The van der Waals surface area contributed by atoms with Gasteiger partial charge in [-0.1, -0.05) is 6.07 Å². The van der Waals surface area contributed by atoms with Crippen LogP contribution in [0.3, 0.4) is 0 Å². The Labute approximate surface area is 188 Å². The Morgan fingerprint density at radius 3 is 2.69 bits per heavy atom. The summed E-state index contributed by atoms with van der Waals surface area (Å²) in [4.78, 5) is 41.0. The Kier molecular flexibility index (Phi) is 7.86. The molecule has 1 aromatic heterocycles. The molecule has 3 amide bonds. The Hall–Kier alpha value is -3.36. The topological polar surface area (TPSA) is 96.8 Å². The molecular weight excluding hydrogens is 410 g/mol. The number of piperidine rings is 1. The maximum absolute atomic E-state index is 12.9. The molecule has 1 aliphatic heterocycles. The van der Waals surface area contributed by atoms with Gasteiger partial charge in [0.05, 0.1) is 18.2 Å². The molecule has 0 bridgehead atoms. The molecule has 172 valence electrons. The van der Waals surface area contributed by atoms with Crippen molar-refractivity contribution in [3.8, 4) is 5.69 Å². The number of rotatable bonds is 7. The summed E-state index contributed by atoms with van der Waals surface area (Å²) in [5.74, 6) is -0.837. The van der Waals surface area contributed by atoms with E-state index in [1.807, 2.05) is 26.0 Å². The fourth-order valence-electron chi connectivity index (χ4n) is 3.81. The van der Waals surface area contributed by atoms with E-state index in [0.717, 1.165) is 12.8 Å². The van der Waals surface area contributed by atoms with Crippen LogP contribution in [0.2, 0.25) is 0 Å². The molecule has 1 saturated heterocycles. The van der Waals surface area contributed by atoms with Crippen molar-refractivity contribution in [3.63, 3.8) is 0 Å². The van der Waals surface area contributed by atoms with E-state index in [2.05, 4.69) is 10.4 Å². The van der Waals surface area contributed by atoms with Crippen LogP contribution in [-0.2, 0) is 9.53 Å². The van der Waals surface area contributed by atoms with Gasteiger partial charge in [0, 0.05) is 38.1 Å². The van der Waals surface area contributed by atoms with E-state index >= 15 is 0 Å². The van der Waals surface area contributed by atoms with Gasteiger partial charge < -0.3 is 19.9 Å². The van der Waals surface area contributed by atoms with Crippen molar-refractivity contribution in [3.05, 3.63) is 42.2 Å². The van der Waals surface area contributed by atoms with Gasteiger partial charge in [-0.15, -0.1) is 0 Å². The predicted octanol–water partition coefficient (Wildman–Crippen LogP) is 3.16. The predicted molar refractivity (Wildman–Crippen MR) is 121 cm³/mol. The van der Waals surface area contributed by atoms with Gasteiger partial charge in [-0.05, 0) is 57.9 Å². The quantitative estimate of drug-likeness (QED) is 0.666. The summed E-state index contributed by atoms with van der Waals surface area (Å²) in [6, 6.07) is 8.83. The summed E-state index contributed by atoms with van der Waals surface area (Å²) in [7, 11) is 0. The SMILES string of the molecule is CCOC(=O)c1ccn(-c2cccc(NC(=O)[C@@H]3CCCN(C(=O)N(CC)CC)C3)c2)n1. The first kappa shape index (κ1) is 23.3. The molecule has 2 aromatic rings. The normalized spacial score (nSPS) is 15.8. The van der Waals surface area contributed by atoms with Crippen molar-refractivity contribution < 1.29 is 19.1 Å². The minimum atomic E-state index is -0.475. The van der Waals surface area contributed by atoms with Crippen LogP contribution in [0.4, 0.5) is 10.5 Å². The van der Waals surface area contributed by atoms with Gasteiger partial charge >= 0.3 is 12.0 Å². The zero-order chi connectivity index (χ0) is 23.1. The second-order valence-electron chi connectivity index (χ2n) is 7.65. The number of likely N-dealkylation sites (tertiary alicyclic amines) is 1. The van der Waals surface area contributed by atoms with E-state index in [1.54, 1.807) is 45.8 Å². The van der Waals surface area contributed by atoms with Crippen molar-refractivity contribution in [2.75, 3.05) is 38.1 Å². The standard InChI is InChI=1S/C23H31N5O4/c1-4-26(5-2)23(31)27-13-8-9-17(16-27)21(29)24-18-10-7-11-19(15-18)28-14-12-20(25-28)22(30)32-6-3/h7,10-12,14-15,17H,4-6,8-9,13,16H2,1-3H3,(H,24,29)/t17-/m1/s1. The molecule has 1 atom stereocenters. The van der Waals surface area contributed by atoms with Crippen LogP contribution in [0.1, 0.15) is 44.1 Å². The second kappa shape index (κ2) is 10.8. The molecule has 0 saturated carbocycles. The number of amides is 3. The fraction of sp³-hybridized carbons (Fsp3) is 0.478. The number of aromatic nitrogens is 2. The maximum atomic E-state index is 12.9. The van der Waals surface area contributed by atoms with Gasteiger partial charge in [-0.3, -0.25) is 4.79 Å². The second-order valence-corrected chi connectivity index (χ2v) is 7.65. The van der Waals surface area contributed by atoms with E-state index in [1.165, 1.54) is 0 Å². The van der Waals surface area contributed by atoms with Crippen molar-refractivity contribution in [1.29, 1.82) is 0 Å². The molecular formula is C23H31N5O4.